The van der Waals surface area contributed by atoms with Crippen LogP contribution in [-0.2, 0) is 12.8 Å². The molecule has 2 bridgehead atoms. The molecule has 4 rings (SSSR count). The quantitative estimate of drug-likeness (QED) is 0.715. The molecular weight excluding hydrogens is 256 g/mol. The Balaban J connectivity index is 1.76. The van der Waals surface area contributed by atoms with Crippen molar-refractivity contribution in [3.63, 3.8) is 0 Å². The van der Waals surface area contributed by atoms with Gasteiger partial charge in [-0.15, -0.1) is 0 Å². The van der Waals surface area contributed by atoms with Crippen molar-refractivity contribution in [3.05, 3.63) is 46.5 Å². The summed E-state index contributed by atoms with van der Waals surface area (Å²) in [4.78, 5) is 12.7. The third kappa shape index (κ3) is 2.01. The van der Waals surface area contributed by atoms with Gasteiger partial charge >= 0.3 is 0 Å². The molecule has 2 atom stereocenters. The Morgan fingerprint density at radius 2 is 2.10 bits per heavy atom. The van der Waals surface area contributed by atoms with Crippen molar-refractivity contribution in [1.29, 1.82) is 0 Å². The lowest BCUT2D eigenvalue weighted by molar-refractivity contribution is 0.0822. The number of hydrogen-bond acceptors (Lipinski definition) is 1. The molecule has 3 aliphatic rings. The maximum atomic E-state index is 12.7. The van der Waals surface area contributed by atoms with Crippen LogP contribution in [0.15, 0.2) is 29.8 Å². The molecule has 0 amide bonds. The molecule has 1 heteroatoms. The molecule has 1 aromatic carbocycles. The number of allylic oxidation sites excluding steroid dienone is 2. The van der Waals surface area contributed by atoms with E-state index in [0.29, 0.717) is 11.7 Å². The number of rotatable bonds is 2. The van der Waals surface area contributed by atoms with Crippen molar-refractivity contribution >= 4 is 5.78 Å². The first-order valence-corrected chi connectivity index (χ1v) is 8.39. The highest BCUT2D eigenvalue weighted by Crippen LogP contribution is 2.58. The van der Waals surface area contributed by atoms with Crippen LogP contribution in [0.4, 0.5) is 0 Å². The van der Waals surface area contributed by atoms with Gasteiger partial charge < -0.3 is 0 Å². The van der Waals surface area contributed by atoms with Crippen LogP contribution in [0.2, 0.25) is 0 Å². The molecule has 1 aromatic rings. The van der Waals surface area contributed by atoms with Gasteiger partial charge in [0.25, 0.3) is 0 Å². The third-order valence-electron chi connectivity index (χ3n) is 5.89. The molecule has 0 saturated heterocycles. The molecule has 0 radical (unpaired) electrons. The number of fused-ring (bicyclic) bond motifs is 4. The van der Waals surface area contributed by atoms with E-state index in [0.717, 1.165) is 30.7 Å². The van der Waals surface area contributed by atoms with Crippen molar-refractivity contribution in [1.82, 2.24) is 0 Å². The summed E-state index contributed by atoms with van der Waals surface area (Å²) in [6.07, 6.45) is 9.10. The highest BCUT2D eigenvalue weighted by Gasteiger charge is 2.50. The smallest absolute Gasteiger partial charge is 0.163 e. The maximum Gasteiger partial charge on any atom is 0.163 e. The monoisotopic (exact) mass is 280 g/mol. The van der Waals surface area contributed by atoms with Gasteiger partial charge in [0.2, 0.25) is 0 Å². The Labute approximate surface area is 127 Å². The Bertz CT molecular complexity index is 637. The fraction of sp³-hybridized carbons (Fsp3) is 0.550. The van der Waals surface area contributed by atoms with E-state index in [2.05, 4.69) is 38.1 Å². The van der Waals surface area contributed by atoms with Crippen LogP contribution < -0.4 is 0 Å². The number of carbonyl (C=O) groups excluding carboxylic acids is 1. The Hall–Kier alpha value is -1.37. The van der Waals surface area contributed by atoms with Crippen molar-refractivity contribution in [2.45, 2.75) is 52.4 Å². The third-order valence-corrected chi connectivity index (χ3v) is 5.89. The maximum absolute atomic E-state index is 12.7. The summed E-state index contributed by atoms with van der Waals surface area (Å²) in [5, 5.41) is 0. The molecule has 3 aliphatic carbocycles. The average Bonchev–Trinajstić information content (AvgIpc) is 3.00. The van der Waals surface area contributed by atoms with Crippen LogP contribution >= 0.6 is 0 Å². The molecule has 0 aliphatic heterocycles. The van der Waals surface area contributed by atoms with Crippen molar-refractivity contribution in [2.24, 2.45) is 17.3 Å². The lowest BCUT2D eigenvalue weighted by Crippen LogP contribution is -2.36. The van der Waals surface area contributed by atoms with E-state index in [1.807, 2.05) is 0 Å². The highest BCUT2D eigenvalue weighted by molar-refractivity contribution is 5.99. The number of carbonyl (C=O) groups is 1. The molecule has 1 fully saturated rings. The van der Waals surface area contributed by atoms with Gasteiger partial charge in [0, 0.05) is 12.0 Å². The summed E-state index contributed by atoms with van der Waals surface area (Å²) in [6.45, 7) is 4.53. The second kappa shape index (κ2) is 4.56. The van der Waals surface area contributed by atoms with E-state index in [1.54, 1.807) is 5.57 Å². The summed E-state index contributed by atoms with van der Waals surface area (Å²) in [7, 11) is 0. The van der Waals surface area contributed by atoms with Gasteiger partial charge in [-0.2, -0.15) is 0 Å². The molecule has 2 unspecified atom stereocenters. The molecule has 0 heterocycles. The predicted octanol–water partition coefficient (Wildman–Crippen LogP) is 4.74. The summed E-state index contributed by atoms with van der Waals surface area (Å²) < 4.78 is 0. The number of hydrogen-bond donors (Lipinski definition) is 0. The number of ketones is 1. The lowest BCUT2D eigenvalue weighted by atomic mass is 9.63. The number of benzene rings is 1. The average molecular weight is 280 g/mol. The van der Waals surface area contributed by atoms with Gasteiger partial charge in [-0.05, 0) is 60.5 Å². The van der Waals surface area contributed by atoms with E-state index in [4.69, 9.17) is 0 Å². The van der Waals surface area contributed by atoms with Crippen molar-refractivity contribution < 1.29 is 4.79 Å². The molecule has 110 valence electrons. The minimum Gasteiger partial charge on any atom is -0.294 e. The van der Waals surface area contributed by atoms with Crippen LogP contribution in [-0.4, -0.2) is 5.78 Å². The fourth-order valence-corrected chi connectivity index (χ4v) is 4.98. The zero-order valence-electron chi connectivity index (χ0n) is 13.1. The summed E-state index contributed by atoms with van der Waals surface area (Å²) in [5.74, 6) is 1.78. The van der Waals surface area contributed by atoms with Gasteiger partial charge in [0.05, 0.1) is 0 Å². The van der Waals surface area contributed by atoms with E-state index < -0.39 is 0 Å². The van der Waals surface area contributed by atoms with Crippen LogP contribution in [0.25, 0.3) is 0 Å². The zero-order chi connectivity index (χ0) is 14.6. The Kier molecular flexibility index (Phi) is 2.89. The van der Waals surface area contributed by atoms with E-state index in [-0.39, 0.29) is 5.41 Å². The van der Waals surface area contributed by atoms with Crippen molar-refractivity contribution in [2.75, 3.05) is 0 Å². The predicted molar refractivity (Wildman–Crippen MR) is 85.5 cm³/mol. The summed E-state index contributed by atoms with van der Waals surface area (Å²) in [6, 6.07) is 6.38. The molecular formula is C20H24O. The largest absolute Gasteiger partial charge is 0.294 e. The first-order chi connectivity index (χ1) is 10.1. The van der Waals surface area contributed by atoms with Gasteiger partial charge in [-0.1, -0.05) is 43.7 Å². The Morgan fingerprint density at radius 3 is 2.76 bits per heavy atom. The van der Waals surface area contributed by atoms with E-state index in [1.165, 1.54) is 30.4 Å². The second-order valence-electron chi connectivity index (χ2n) is 7.86. The highest BCUT2D eigenvalue weighted by atomic mass is 16.1. The van der Waals surface area contributed by atoms with Crippen molar-refractivity contribution in [3.8, 4) is 0 Å². The molecule has 1 saturated carbocycles. The minimum absolute atomic E-state index is 0.265. The summed E-state index contributed by atoms with van der Waals surface area (Å²) in [5.41, 5.74) is 5.72. The second-order valence-corrected chi connectivity index (χ2v) is 7.86. The van der Waals surface area contributed by atoms with E-state index >= 15 is 0 Å². The first kappa shape index (κ1) is 13.3. The van der Waals surface area contributed by atoms with Gasteiger partial charge in [-0.3, -0.25) is 4.79 Å². The SMILES string of the molecule is CC(C)Cc1cccc2c1CC1(CC2=O)CC2=CCC1C2. The number of Topliss-reactive ketones (excluding diaryl/α,β-unsaturated/α-hetero) is 1. The molecule has 21 heavy (non-hydrogen) atoms. The van der Waals surface area contributed by atoms with Gasteiger partial charge in [-0.25, -0.2) is 0 Å². The first-order valence-electron chi connectivity index (χ1n) is 8.39. The van der Waals surface area contributed by atoms with E-state index in [9.17, 15) is 4.79 Å². The lowest BCUT2D eigenvalue weighted by Gasteiger charge is -2.40. The molecule has 1 nitrogen and oxygen atoms in total. The molecule has 0 aromatic heterocycles. The topological polar surface area (TPSA) is 17.1 Å². The van der Waals surface area contributed by atoms with Gasteiger partial charge in [0.15, 0.2) is 5.78 Å². The summed E-state index contributed by atoms with van der Waals surface area (Å²) >= 11 is 0. The van der Waals surface area contributed by atoms with Crippen LogP contribution in [0.3, 0.4) is 0 Å². The fourth-order valence-electron chi connectivity index (χ4n) is 4.98. The van der Waals surface area contributed by atoms with Crippen LogP contribution in [0, 0.1) is 17.3 Å². The van der Waals surface area contributed by atoms with Crippen LogP contribution in [0.5, 0.6) is 0 Å². The van der Waals surface area contributed by atoms with Gasteiger partial charge in [0.1, 0.15) is 0 Å². The molecule has 0 N–H and O–H groups in total. The standard InChI is InChI=1S/C20H24O/c1-13(2)8-15-4-3-5-17-18(15)11-20(12-19(17)21)10-14-6-7-16(20)9-14/h3-6,13,16H,7-12H2,1-2H3. The Morgan fingerprint density at radius 1 is 1.24 bits per heavy atom. The van der Waals surface area contributed by atoms with Crippen LogP contribution in [0.1, 0.15) is 61.0 Å². The molecule has 1 spiro atoms. The minimum atomic E-state index is 0.265. The zero-order valence-corrected chi connectivity index (χ0v) is 13.1. The normalized spacial score (nSPS) is 30.1.